The molecule has 0 fully saturated rings. The maximum Gasteiger partial charge on any atom is 0.145 e. The number of nitrogens with zero attached hydrogens (tertiary/aromatic N) is 1. The maximum atomic E-state index is 5.84. The minimum atomic E-state index is 0. The largest absolute Gasteiger partial charge is 0.485 e. The topological polar surface area (TPSA) is 33.6 Å². The lowest BCUT2D eigenvalue weighted by Crippen LogP contribution is -2.25. The van der Waals surface area contributed by atoms with E-state index in [1.807, 2.05) is 0 Å². The fourth-order valence-corrected chi connectivity index (χ4v) is 2.41. The van der Waals surface area contributed by atoms with Crippen LogP contribution < -0.4 is 10.1 Å². The maximum absolute atomic E-state index is 5.84. The number of rotatable bonds is 3. The molecule has 0 atom stereocenters. The molecule has 3 nitrogen and oxygen atoms in total. The quantitative estimate of drug-likeness (QED) is 0.893. The van der Waals surface area contributed by atoms with Gasteiger partial charge in [0.2, 0.25) is 0 Å². The predicted octanol–water partition coefficient (Wildman–Crippen LogP) is 1.98. The smallest absolute Gasteiger partial charge is 0.145 e. The van der Waals surface area contributed by atoms with Crippen molar-refractivity contribution < 1.29 is 4.74 Å². The lowest BCUT2D eigenvalue weighted by atomic mass is 10.1. The van der Waals surface area contributed by atoms with Gasteiger partial charge >= 0.3 is 0 Å². The Bertz CT molecular complexity index is 431. The van der Waals surface area contributed by atoms with Gasteiger partial charge in [-0.2, -0.15) is 0 Å². The lowest BCUT2D eigenvalue weighted by molar-refractivity contribution is 0.370. The normalized spacial score (nSPS) is 16.8. The van der Waals surface area contributed by atoms with Crippen LogP contribution in [-0.2, 0) is 12.8 Å². The first-order chi connectivity index (χ1) is 7.93. The summed E-state index contributed by atoms with van der Waals surface area (Å²) in [6, 6.07) is 6.36. The average molecular weight is 253 g/mol. The van der Waals surface area contributed by atoms with Crippen LogP contribution in [0.4, 0.5) is 0 Å². The summed E-state index contributed by atoms with van der Waals surface area (Å²) in [4.78, 5) is 4.32. The zero-order valence-corrected chi connectivity index (χ0v) is 10.6. The van der Waals surface area contributed by atoms with Gasteiger partial charge in [-0.3, -0.25) is 4.99 Å². The van der Waals surface area contributed by atoms with Crippen molar-refractivity contribution in [3.63, 3.8) is 0 Å². The van der Waals surface area contributed by atoms with E-state index in [1.165, 1.54) is 24.0 Å². The molecule has 0 bridgehead atoms. The van der Waals surface area contributed by atoms with Crippen LogP contribution in [0.2, 0.25) is 0 Å². The highest BCUT2D eigenvalue weighted by Gasteiger charge is 2.15. The van der Waals surface area contributed by atoms with Crippen molar-refractivity contribution >= 4 is 18.2 Å². The summed E-state index contributed by atoms with van der Waals surface area (Å²) < 4.78 is 5.84. The Kier molecular flexibility index (Phi) is 3.89. The SMILES string of the molecule is Cl.c1cc2c(c(OCC3=NCCN3)c1)CCC2. The third kappa shape index (κ3) is 2.55. The first kappa shape index (κ1) is 12.2. The third-order valence-corrected chi connectivity index (χ3v) is 3.21. The molecule has 0 aromatic heterocycles. The number of nitrogens with one attached hydrogen (secondary N) is 1. The molecule has 1 heterocycles. The monoisotopic (exact) mass is 252 g/mol. The van der Waals surface area contributed by atoms with Gasteiger partial charge in [-0.05, 0) is 36.5 Å². The van der Waals surface area contributed by atoms with Crippen LogP contribution in [0.25, 0.3) is 0 Å². The number of fused-ring (bicyclic) bond motifs is 1. The molecule has 17 heavy (non-hydrogen) atoms. The third-order valence-electron chi connectivity index (χ3n) is 3.21. The average Bonchev–Trinajstić information content (AvgIpc) is 2.97. The number of aliphatic imine (C=N–C) groups is 1. The van der Waals surface area contributed by atoms with Gasteiger partial charge in [0.15, 0.2) is 0 Å². The van der Waals surface area contributed by atoms with E-state index in [9.17, 15) is 0 Å². The van der Waals surface area contributed by atoms with Crippen molar-refractivity contribution in [3.05, 3.63) is 29.3 Å². The zero-order chi connectivity index (χ0) is 10.8. The molecule has 0 amide bonds. The summed E-state index contributed by atoms with van der Waals surface area (Å²) in [5.74, 6) is 2.03. The minimum Gasteiger partial charge on any atom is -0.485 e. The van der Waals surface area contributed by atoms with Gasteiger partial charge in [0.1, 0.15) is 18.2 Å². The highest BCUT2D eigenvalue weighted by atomic mass is 35.5. The van der Waals surface area contributed by atoms with Gasteiger partial charge in [0.05, 0.1) is 6.54 Å². The van der Waals surface area contributed by atoms with Crippen LogP contribution in [0.5, 0.6) is 5.75 Å². The summed E-state index contributed by atoms with van der Waals surface area (Å²) in [7, 11) is 0. The number of benzene rings is 1. The molecule has 1 aliphatic heterocycles. The number of hydrogen-bond donors (Lipinski definition) is 1. The van der Waals surface area contributed by atoms with Crippen LogP contribution in [0.15, 0.2) is 23.2 Å². The number of ether oxygens (including phenoxy) is 1. The lowest BCUT2D eigenvalue weighted by Gasteiger charge is -2.10. The Morgan fingerprint density at radius 3 is 3.06 bits per heavy atom. The summed E-state index contributed by atoms with van der Waals surface area (Å²) in [5, 5.41) is 3.22. The minimum absolute atomic E-state index is 0. The molecule has 3 rings (SSSR count). The predicted molar refractivity (Wildman–Crippen MR) is 71.5 cm³/mol. The molecule has 0 saturated carbocycles. The van der Waals surface area contributed by atoms with Crippen molar-refractivity contribution in [1.82, 2.24) is 5.32 Å². The fourth-order valence-electron chi connectivity index (χ4n) is 2.41. The zero-order valence-electron chi connectivity index (χ0n) is 9.74. The molecule has 1 aromatic carbocycles. The van der Waals surface area contributed by atoms with Gasteiger partial charge < -0.3 is 10.1 Å². The Labute approximate surface area is 108 Å². The van der Waals surface area contributed by atoms with E-state index in [1.54, 1.807) is 0 Å². The molecule has 1 aliphatic carbocycles. The van der Waals surface area contributed by atoms with Crippen molar-refractivity contribution in [1.29, 1.82) is 0 Å². The van der Waals surface area contributed by atoms with Crippen LogP contribution in [0.3, 0.4) is 0 Å². The molecule has 1 aromatic rings. The summed E-state index contributed by atoms with van der Waals surface area (Å²) in [6.45, 7) is 2.41. The number of halogens is 1. The van der Waals surface area contributed by atoms with Crippen molar-refractivity contribution in [3.8, 4) is 5.75 Å². The Balaban J connectivity index is 0.00000108. The van der Waals surface area contributed by atoms with E-state index < -0.39 is 0 Å². The Hall–Kier alpha value is -1.22. The summed E-state index contributed by atoms with van der Waals surface area (Å²) in [6.07, 6.45) is 3.62. The van der Waals surface area contributed by atoms with Crippen LogP contribution in [0.1, 0.15) is 17.5 Å². The molecular weight excluding hydrogens is 236 g/mol. The van der Waals surface area contributed by atoms with E-state index in [-0.39, 0.29) is 12.4 Å². The molecule has 4 heteroatoms. The fraction of sp³-hybridized carbons (Fsp3) is 0.462. The number of amidine groups is 1. The summed E-state index contributed by atoms with van der Waals surface area (Å²) in [5.41, 5.74) is 2.86. The summed E-state index contributed by atoms with van der Waals surface area (Å²) >= 11 is 0. The van der Waals surface area contributed by atoms with Gasteiger partial charge in [-0.15, -0.1) is 12.4 Å². The number of hydrogen-bond acceptors (Lipinski definition) is 3. The molecule has 0 saturated heterocycles. The molecule has 92 valence electrons. The van der Waals surface area contributed by atoms with Crippen LogP contribution in [-0.4, -0.2) is 25.5 Å². The Morgan fingerprint density at radius 2 is 2.24 bits per heavy atom. The molecule has 0 unspecified atom stereocenters. The van der Waals surface area contributed by atoms with Crippen molar-refractivity contribution in [2.75, 3.05) is 19.7 Å². The second kappa shape index (κ2) is 5.41. The van der Waals surface area contributed by atoms with E-state index >= 15 is 0 Å². The van der Waals surface area contributed by atoms with E-state index in [0.717, 1.165) is 31.1 Å². The molecule has 1 N–H and O–H groups in total. The standard InChI is InChI=1S/C13H16N2O.ClH/c1-3-10-4-2-6-12(11(10)5-1)16-9-13-14-7-8-15-13;/h2,4,6H,1,3,5,7-9H2,(H,14,15);1H. The van der Waals surface area contributed by atoms with Crippen LogP contribution >= 0.6 is 12.4 Å². The highest BCUT2D eigenvalue weighted by Crippen LogP contribution is 2.30. The Morgan fingerprint density at radius 1 is 1.29 bits per heavy atom. The van der Waals surface area contributed by atoms with Crippen molar-refractivity contribution in [2.24, 2.45) is 4.99 Å². The highest BCUT2D eigenvalue weighted by molar-refractivity contribution is 5.85. The molecule has 0 spiro atoms. The van der Waals surface area contributed by atoms with Crippen molar-refractivity contribution in [2.45, 2.75) is 19.3 Å². The first-order valence-electron chi connectivity index (χ1n) is 5.94. The first-order valence-corrected chi connectivity index (χ1v) is 5.94. The van der Waals surface area contributed by atoms with Gasteiger partial charge in [-0.25, -0.2) is 0 Å². The molecule has 2 aliphatic rings. The van der Waals surface area contributed by atoms with Gasteiger partial charge in [0, 0.05) is 6.54 Å². The number of aryl methyl sites for hydroxylation is 1. The van der Waals surface area contributed by atoms with E-state index in [4.69, 9.17) is 4.74 Å². The second-order valence-corrected chi connectivity index (χ2v) is 4.29. The second-order valence-electron chi connectivity index (χ2n) is 4.29. The molecular formula is C13H17ClN2O. The van der Waals surface area contributed by atoms with Crippen LogP contribution in [0, 0.1) is 0 Å². The van der Waals surface area contributed by atoms with Gasteiger partial charge in [0.25, 0.3) is 0 Å². The van der Waals surface area contributed by atoms with E-state index in [0.29, 0.717) is 6.61 Å². The van der Waals surface area contributed by atoms with Gasteiger partial charge in [-0.1, -0.05) is 12.1 Å². The van der Waals surface area contributed by atoms with E-state index in [2.05, 4.69) is 28.5 Å². The molecule has 0 radical (unpaired) electrons.